The third kappa shape index (κ3) is 2.65. The molecule has 0 unspecified atom stereocenters. The molecule has 0 aliphatic carbocycles. The van der Waals surface area contributed by atoms with Crippen LogP contribution in [0, 0.1) is 11.6 Å². The molecule has 0 saturated carbocycles. The molecule has 0 radical (unpaired) electrons. The van der Waals surface area contributed by atoms with E-state index >= 15 is 0 Å². The Morgan fingerprint density at radius 1 is 1.28 bits per heavy atom. The average Bonchev–Trinajstić information content (AvgIpc) is 2.35. The fourth-order valence-electron chi connectivity index (χ4n) is 1.29. The van der Waals surface area contributed by atoms with Crippen LogP contribution < -0.4 is 10.6 Å². The molecule has 1 aromatic heterocycles. The van der Waals surface area contributed by atoms with E-state index in [2.05, 4.69) is 20.6 Å². The summed E-state index contributed by atoms with van der Waals surface area (Å²) in [5.74, 6) is -0.802. The number of rotatable bonds is 3. The van der Waals surface area contributed by atoms with Crippen molar-refractivity contribution in [2.24, 2.45) is 0 Å². The largest absolute Gasteiger partial charge is 0.357 e. The Balaban J connectivity index is 2.33. The Bertz CT molecular complexity index is 577. The van der Waals surface area contributed by atoms with Crippen LogP contribution in [0.2, 0.25) is 5.02 Å². The lowest BCUT2D eigenvalue weighted by Crippen LogP contribution is -2.02. The molecule has 4 nitrogen and oxygen atoms in total. The zero-order chi connectivity index (χ0) is 13.1. The maximum Gasteiger partial charge on any atom is 0.224 e. The van der Waals surface area contributed by atoms with Crippen LogP contribution in [0.5, 0.6) is 0 Å². The van der Waals surface area contributed by atoms with Gasteiger partial charge in [-0.05, 0) is 12.1 Å². The van der Waals surface area contributed by atoms with Crippen molar-refractivity contribution in [3.8, 4) is 0 Å². The van der Waals surface area contributed by atoms with E-state index in [9.17, 15) is 8.78 Å². The van der Waals surface area contributed by atoms with Gasteiger partial charge in [0, 0.05) is 13.1 Å². The number of nitrogens with zero attached hydrogens (tertiary/aromatic N) is 2. The van der Waals surface area contributed by atoms with Gasteiger partial charge in [0.25, 0.3) is 0 Å². The van der Waals surface area contributed by atoms with Crippen molar-refractivity contribution >= 4 is 29.1 Å². The molecule has 0 saturated heterocycles. The van der Waals surface area contributed by atoms with Gasteiger partial charge in [0.05, 0.1) is 11.9 Å². The summed E-state index contributed by atoms with van der Waals surface area (Å²) >= 11 is 5.87. The van der Waals surface area contributed by atoms with Gasteiger partial charge in [0.1, 0.15) is 16.7 Å². The third-order valence-corrected chi connectivity index (χ3v) is 2.43. The van der Waals surface area contributed by atoms with Gasteiger partial charge in [-0.1, -0.05) is 11.6 Å². The fourth-order valence-corrected chi connectivity index (χ4v) is 1.43. The molecule has 2 rings (SSSR count). The molecule has 0 spiro atoms. The summed E-state index contributed by atoms with van der Waals surface area (Å²) in [5.41, 5.74) is 0.0825. The maximum absolute atomic E-state index is 13.4. The van der Waals surface area contributed by atoms with Crippen LogP contribution >= 0.6 is 11.6 Å². The number of anilines is 3. The first kappa shape index (κ1) is 12.5. The summed E-state index contributed by atoms with van der Waals surface area (Å²) in [7, 11) is 1.64. The first-order valence-corrected chi connectivity index (χ1v) is 5.40. The molecule has 2 aromatic rings. The van der Waals surface area contributed by atoms with Crippen LogP contribution in [0.15, 0.2) is 24.4 Å². The average molecular weight is 271 g/mol. The lowest BCUT2D eigenvalue weighted by molar-refractivity contribution is 0.586. The zero-order valence-electron chi connectivity index (χ0n) is 9.34. The van der Waals surface area contributed by atoms with Crippen LogP contribution in [0.1, 0.15) is 0 Å². The molecule has 94 valence electrons. The highest BCUT2D eigenvalue weighted by Gasteiger charge is 2.08. The molecule has 1 aromatic carbocycles. The third-order valence-electron chi connectivity index (χ3n) is 2.15. The predicted octanol–water partition coefficient (Wildman–Crippen LogP) is 3.19. The van der Waals surface area contributed by atoms with Crippen LogP contribution in [0.4, 0.5) is 26.2 Å². The minimum Gasteiger partial charge on any atom is -0.357 e. The molecule has 0 aliphatic heterocycles. The highest BCUT2D eigenvalue weighted by molar-refractivity contribution is 6.32. The monoisotopic (exact) mass is 270 g/mol. The number of halogens is 3. The van der Waals surface area contributed by atoms with Gasteiger partial charge < -0.3 is 10.6 Å². The van der Waals surface area contributed by atoms with E-state index in [1.165, 1.54) is 12.3 Å². The topological polar surface area (TPSA) is 49.8 Å². The van der Waals surface area contributed by atoms with Crippen molar-refractivity contribution in [3.05, 3.63) is 41.1 Å². The maximum atomic E-state index is 13.4. The first-order chi connectivity index (χ1) is 8.60. The zero-order valence-corrected chi connectivity index (χ0v) is 10.1. The van der Waals surface area contributed by atoms with E-state index in [0.717, 1.165) is 12.1 Å². The minimum atomic E-state index is -0.726. The summed E-state index contributed by atoms with van der Waals surface area (Å²) in [6, 6.07) is 3.18. The van der Waals surface area contributed by atoms with Crippen molar-refractivity contribution in [1.29, 1.82) is 0 Å². The molecule has 0 amide bonds. The van der Waals surface area contributed by atoms with Crippen LogP contribution in [0.25, 0.3) is 0 Å². The number of hydrogen-bond donors (Lipinski definition) is 2. The molecular formula is C11H9ClF2N4. The van der Waals surface area contributed by atoms with E-state index in [-0.39, 0.29) is 16.5 Å². The molecule has 0 aliphatic rings. The predicted molar refractivity (Wildman–Crippen MR) is 66.2 cm³/mol. The quantitative estimate of drug-likeness (QED) is 0.899. The first-order valence-electron chi connectivity index (χ1n) is 5.02. The molecule has 7 heteroatoms. The van der Waals surface area contributed by atoms with Gasteiger partial charge in [-0.15, -0.1) is 0 Å². The second kappa shape index (κ2) is 5.14. The summed E-state index contributed by atoms with van der Waals surface area (Å²) in [4.78, 5) is 7.91. The molecule has 2 N–H and O–H groups in total. The van der Waals surface area contributed by atoms with E-state index < -0.39 is 11.6 Å². The molecule has 0 fully saturated rings. The Labute approximate surface area is 107 Å². The van der Waals surface area contributed by atoms with Crippen LogP contribution in [-0.2, 0) is 0 Å². The molecule has 0 atom stereocenters. The molecule has 18 heavy (non-hydrogen) atoms. The Morgan fingerprint density at radius 2 is 2.06 bits per heavy atom. The highest BCUT2D eigenvalue weighted by atomic mass is 35.5. The van der Waals surface area contributed by atoms with Gasteiger partial charge in [-0.3, -0.25) is 0 Å². The lowest BCUT2D eigenvalue weighted by Gasteiger charge is -2.09. The number of aromatic nitrogens is 2. The van der Waals surface area contributed by atoms with Crippen molar-refractivity contribution in [2.75, 3.05) is 17.7 Å². The SMILES string of the molecule is CNc1ncc(Cl)c(Nc2ccc(F)cc2F)n1. The Hall–Kier alpha value is -1.95. The fraction of sp³-hybridized carbons (Fsp3) is 0.0909. The van der Waals surface area contributed by atoms with Gasteiger partial charge in [0.2, 0.25) is 5.95 Å². The number of hydrogen-bond acceptors (Lipinski definition) is 4. The smallest absolute Gasteiger partial charge is 0.224 e. The Morgan fingerprint density at radius 3 is 2.72 bits per heavy atom. The molecular weight excluding hydrogens is 262 g/mol. The molecule has 1 heterocycles. The van der Waals surface area contributed by atoms with Crippen molar-refractivity contribution in [2.45, 2.75) is 0 Å². The van der Waals surface area contributed by atoms with E-state index in [1.807, 2.05) is 0 Å². The van der Waals surface area contributed by atoms with Gasteiger partial charge in [-0.25, -0.2) is 13.8 Å². The normalized spacial score (nSPS) is 10.2. The summed E-state index contributed by atoms with van der Waals surface area (Å²) < 4.78 is 26.2. The van der Waals surface area contributed by atoms with E-state index in [4.69, 9.17) is 11.6 Å². The van der Waals surface area contributed by atoms with Gasteiger partial charge >= 0.3 is 0 Å². The second-order valence-corrected chi connectivity index (χ2v) is 3.80. The van der Waals surface area contributed by atoms with Crippen molar-refractivity contribution < 1.29 is 8.78 Å². The van der Waals surface area contributed by atoms with Gasteiger partial charge in [0.15, 0.2) is 5.82 Å². The van der Waals surface area contributed by atoms with Crippen LogP contribution in [-0.4, -0.2) is 17.0 Å². The molecule has 0 bridgehead atoms. The van der Waals surface area contributed by atoms with E-state index in [1.54, 1.807) is 7.05 Å². The lowest BCUT2D eigenvalue weighted by atomic mass is 10.3. The minimum absolute atomic E-state index is 0.0825. The van der Waals surface area contributed by atoms with Crippen molar-refractivity contribution in [3.63, 3.8) is 0 Å². The summed E-state index contributed by atoms with van der Waals surface area (Å²) in [6.45, 7) is 0. The number of benzene rings is 1. The highest BCUT2D eigenvalue weighted by Crippen LogP contribution is 2.25. The van der Waals surface area contributed by atoms with Gasteiger partial charge in [-0.2, -0.15) is 4.98 Å². The standard InChI is InChI=1S/C11H9ClF2N4/c1-15-11-16-5-7(12)10(18-11)17-9-3-2-6(13)4-8(9)14/h2-5H,1H3,(H2,15,16,17,18). The summed E-state index contributed by atoms with van der Waals surface area (Å²) in [5, 5.41) is 5.64. The van der Waals surface area contributed by atoms with Crippen molar-refractivity contribution in [1.82, 2.24) is 9.97 Å². The van der Waals surface area contributed by atoms with Crippen LogP contribution in [0.3, 0.4) is 0 Å². The second-order valence-electron chi connectivity index (χ2n) is 3.39. The Kier molecular flexibility index (Phi) is 3.57. The van der Waals surface area contributed by atoms with E-state index in [0.29, 0.717) is 5.95 Å². The number of nitrogens with one attached hydrogen (secondary N) is 2. The summed E-state index contributed by atoms with van der Waals surface area (Å²) in [6.07, 6.45) is 1.38.